The van der Waals surface area contributed by atoms with Gasteiger partial charge in [-0.1, -0.05) is 11.6 Å². The summed E-state index contributed by atoms with van der Waals surface area (Å²) in [6.07, 6.45) is 0. The smallest absolute Gasteiger partial charge is 0.323 e. The molecular weight excluding hydrogens is 363 g/mol. The van der Waals surface area contributed by atoms with E-state index in [9.17, 15) is 9.18 Å². The maximum Gasteiger partial charge on any atom is 0.323 e. The summed E-state index contributed by atoms with van der Waals surface area (Å²) in [5.41, 5.74) is 0.881. The van der Waals surface area contributed by atoms with Crippen molar-refractivity contribution in [3.63, 3.8) is 0 Å². The molecule has 2 amide bonds. The Morgan fingerprint density at radius 3 is 2.48 bits per heavy atom. The van der Waals surface area contributed by atoms with E-state index in [1.807, 2.05) is 0 Å². The highest BCUT2D eigenvalue weighted by atomic mass is 79.9. The summed E-state index contributed by atoms with van der Waals surface area (Å²) in [6.45, 7) is 0. The summed E-state index contributed by atoms with van der Waals surface area (Å²) >= 11 is 9.04. The number of anilines is 2. The zero-order valence-electron chi connectivity index (χ0n) is 10.9. The van der Waals surface area contributed by atoms with Gasteiger partial charge in [-0.05, 0) is 52.3 Å². The molecule has 2 N–H and O–H groups in total. The fourth-order valence-electron chi connectivity index (χ4n) is 1.61. The minimum Gasteiger partial charge on any atom is -0.497 e. The van der Waals surface area contributed by atoms with Crippen LogP contribution in [0.25, 0.3) is 0 Å². The number of amides is 2. The van der Waals surface area contributed by atoms with Crippen molar-refractivity contribution in [3.05, 3.63) is 51.7 Å². The van der Waals surface area contributed by atoms with Crippen LogP contribution in [0, 0.1) is 5.82 Å². The van der Waals surface area contributed by atoms with Crippen molar-refractivity contribution >= 4 is 44.9 Å². The minimum absolute atomic E-state index is 0.103. The number of carbonyl (C=O) groups excluding carboxylic acids is 1. The number of benzene rings is 2. The van der Waals surface area contributed by atoms with Crippen molar-refractivity contribution in [1.82, 2.24) is 0 Å². The molecule has 0 atom stereocenters. The van der Waals surface area contributed by atoms with Crippen LogP contribution in [0.1, 0.15) is 0 Å². The van der Waals surface area contributed by atoms with Gasteiger partial charge >= 0.3 is 6.03 Å². The maximum absolute atomic E-state index is 13.1. The largest absolute Gasteiger partial charge is 0.497 e. The van der Waals surface area contributed by atoms with E-state index in [0.717, 1.165) is 6.07 Å². The Kier molecular flexibility index (Phi) is 5.03. The van der Waals surface area contributed by atoms with Crippen LogP contribution in [-0.4, -0.2) is 13.1 Å². The molecule has 0 aliphatic carbocycles. The van der Waals surface area contributed by atoms with Gasteiger partial charge in [-0.25, -0.2) is 9.18 Å². The SMILES string of the molecule is COc1ccc(NC(=O)Nc2c(Cl)cc(F)cc2Br)cc1. The van der Waals surface area contributed by atoms with Crippen LogP contribution in [-0.2, 0) is 0 Å². The Morgan fingerprint density at radius 1 is 1.24 bits per heavy atom. The summed E-state index contributed by atoms with van der Waals surface area (Å²) in [5.74, 6) is 0.193. The Labute approximate surface area is 134 Å². The second-order valence-corrected chi connectivity index (χ2v) is 5.31. The Balaban J connectivity index is 2.08. The number of hydrogen-bond acceptors (Lipinski definition) is 2. The second-order valence-electron chi connectivity index (χ2n) is 4.05. The standard InChI is InChI=1S/C14H11BrClFN2O2/c1-21-10-4-2-9(3-5-10)18-14(20)19-13-11(15)6-8(17)7-12(13)16/h2-7H,1H3,(H2,18,19,20). The maximum atomic E-state index is 13.1. The van der Waals surface area contributed by atoms with Crippen LogP contribution in [0.15, 0.2) is 40.9 Å². The van der Waals surface area contributed by atoms with E-state index in [-0.39, 0.29) is 5.02 Å². The van der Waals surface area contributed by atoms with E-state index in [1.54, 1.807) is 31.4 Å². The first-order chi connectivity index (χ1) is 9.99. The topological polar surface area (TPSA) is 50.4 Å². The number of halogens is 3. The molecule has 0 aromatic heterocycles. The molecule has 0 saturated heterocycles. The monoisotopic (exact) mass is 372 g/mol. The van der Waals surface area contributed by atoms with E-state index >= 15 is 0 Å². The van der Waals surface area contributed by atoms with Gasteiger partial charge in [0.25, 0.3) is 0 Å². The first-order valence-corrected chi connectivity index (χ1v) is 7.03. The molecule has 0 radical (unpaired) electrons. The average molecular weight is 374 g/mol. The molecule has 0 spiro atoms. The number of hydrogen-bond donors (Lipinski definition) is 2. The van der Waals surface area contributed by atoms with Crippen LogP contribution in [0.3, 0.4) is 0 Å². The highest BCUT2D eigenvalue weighted by Crippen LogP contribution is 2.31. The molecular formula is C14H11BrClFN2O2. The van der Waals surface area contributed by atoms with Gasteiger partial charge in [-0.15, -0.1) is 0 Å². The molecule has 2 aromatic rings. The molecule has 0 heterocycles. The van der Waals surface area contributed by atoms with E-state index < -0.39 is 11.8 Å². The van der Waals surface area contributed by atoms with Crippen LogP contribution >= 0.6 is 27.5 Å². The number of urea groups is 1. The predicted octanol–water partition coefficient (Wildman–Crippen LogP) is 4.89. The second kappa shape index (κ2) is 6.78. The van der Waals surface area contributed by atoms with Crippen LogP contribution < -0.4 is 15.4 Å². The summed E-state index contributed by atoms with van der Waals surface area (Å²) in [6, 6.07) is 8.67. The van der Waals surface area contributed by atoms with Gasteiger partial charge in [0, 0.05) is 10.2 Å². The number of carbonyl (C=O) groups is 1. The molecule has 2 rings (SSSR count). The third-order valence-corrected chi connectivity index (χ3v) is 3.52. The van der Waals surface area contributed by atoms with E-state index in [1.165, 1.54) is 6.07 Å². The Morgan fingerprint density at radius 2 is 1.90 bits per heavy atom. The quantitative estimate of drug-likeness (QED) is 0.804. The van der Waals surface area contributed by atoms with Crippen molar-refractivity contribution in [1.29, 1.82) is 0 Å². The van der Waals surface area contributed by atoms with Gasteiger partial charge in [0.15, 0.2) is 0 Å². The van der Waals surface area contributed by atoms with Gasteiger partial charge in [0.2, 0.25) is 0 Å². The lowest BCUT2D eigenvalue weighted by Gasteiger charge is -2.11. The zero-order valence-corrected chi connectivity index (χ0v) is 13.3. The molecule has 2 aromatic carbocycles. The highest BCUT2D eigenvalue weighted by molar-refractivity contribution is 9.10. The van der Waals surface area contributed by atoms with Crippen molar-refractivity contribution in [3.8, 4) is 5.75 Å². The van der Waals surface area contributed by atoms with Gasteiger partial charge in [0.1, 0.15) is 11.6 Å². The number of rotatable bonds is 3. The summed E-state index contributed by atoms with van der Waals surface area (Å²) < 4.78 is 18.5. The highest BCUT2D eigenvalue weighted by Gasteiger charge is 2.11. The van der Waals surface area contributed by atoms with Crippen LogP contribution in [0.4, 0.5) is 20.6 Å². The third-order valence-electron chi connectivity index (χ3n) is 2.59. The molecule has 0 fully saturated rings. The lowest BCUT2D eigenvalue weighted by atomic mass is 10.3. The van der Waals surface area contributed by atoms with E-state index in [2.05, 4.69) is 26.6 Å². The van der Waals surface area contributed by atoms with Gasteiger partial charge in [0.05, 0.1) is 17.8 Å². The lowest BCUT2D eigenvalue weighted by molar-refractivity contribution is 0.262. The van der Waals surface area contributed by atoms with E-state index in [0.29, 0.717) is 21.6 Å². The lowest BCUT2D eigenvalue weighted by Crippen LogP contribution is -2.20. The van der Waals surface area contributed by atoms with Gasteiger partial charge in [-0.2, -0.15) is 0 Å². The van der Waals surface area contributed by atoms with Crippen LogP contribution in [0.5, 0.6) is 5.75 Å². The summed E-state index contributed by atoms with van der Waals surface area (Å²) in [5, 5.41) is 5.29. The van der Waals surface area contributed by atoms with E-state index in [4.69, 9.17) is 16.3 Å². The summed E-state index contributed by atoms with van der Waals surface area (Å²) in [4.78, 5) is 11.9. The van der Waals surface area contributed by atoms with Crippen molar-refractivity contribution < 1.29 is 13.9 Å². The molecule has 4 nitrogen and oxygen atoms in total. The Hall–Kier alpha value is -1.79. The fourth-order valence-corrected chi connectivity index (χ4v) is 2.51. The molecule has 0 unspecified atom stereocenters. The summed E-state index contributed by atoms with van der Waals surface area (Å²) in [7, 11) is 1.56. The number of methoxy groups -OCH3 is 1. The molecule has 0 aliphatic rings. The molecule has 110 valence electrons. The van der Waals surface area contributed by atoms with Crippen LogP contribution in [0.2, 0.25) is 5.02 Å². The van der Waals surface area contributed by atoms with Crippen molar-refractivity contribution in [2.24, 2.45) is 0 Å². The number of nitrogens with one attached hydrogen (secondary N) is 2. The first kappa shape index (κ1) is 15.6. The number of ether oxygens (including phenoxy) is 1. The molecule has 0 bridgehead atoms. The zero-order chi connectivity index (χ0) is 15.4. The molecule has 7 heteroatoms. The van der Waals surface area contributed by atoms with Gasteiger partial charge < -0.3 is 15.4 Å². The normalized spacial score (nSPS) is 10.1. The van der Waals surface area contributed by atoms with Gasteiger partial charge in [-0.3, -0.25) is 0 Å². The van der Waals surface area contributed by atoms with Crippen molar-refractivity contribution in [2.45, 2.75) is 0 Å². The average Bonchev–Trinajstić information content (AvgIpc) is 2.43. The first-order valence-electron chi connectivity index (χ1n) is 5.86. The predicted molar refractivity (Wildman–Crippen MR) is 84.7 cm³/mol. The van der Waals surface area contributed by atoms with Crippen molar-refractivity contribution in [2.75, 3.05) is 17.7 Å². The molecule has 0 aliphatic heterocycles. The minimum atomic E-state index is -0.493. The fraction of sp³-hybridized carbons (Fsp3) is 0.0714. The Bertz CT molecular complexity index is 642. The molecule has 0 saturated carbocycles. The third kappa shape index (κ3) is 4.09. The molecule has 21 heavy (non-hydrogen) atoms.